The van der Waals surface area contributed by atoms with Crippen molar-refractivity contribution < 1.29 is 9.53 Å². The van der Waals surface area contributed by atoms with Crippen molar-refractivity contribution in [2.75, 3.05) is 40.3 Å². The highest BCUT2D eigenvalue weighted by Gasteiger charge is 2.54. The molecule has 0 bridgehead atoms. The number of esters is 1. The normalized spacial score (nSPS) is 30.1. The third-order valence-electron chi connectivity index (χ3n) is 5.08. The molecular weight excluding hydrogens is 264 g/mol. The molecule has 2 aliphatic heterocycles. The Hall–Kier alpha value is -1.39. The van der Waals surface area contributed by atoms with Gasteiger partial charge in [0.1, 0.15) is 0 Å². The molecule has 0 radical (unpaired) electrons. The molecule has 4 nitrogen and oxygen atoms in total. The Morgan fingerprint density at radius 3 is 2.81 bits per heavy atom. The fourth-order valence-electron chi connectivity index (χ4n) is 3.95. The monoisotopic (exact) mass is 288 g/mol. The van der Waals surface area contributed by atoms with E-state index in [2.05, 4.69) is 41.1 Å². The zero-order chi connectivity index (χ0) is 14.9. The van der Waals surface area contributed by atoms with E-state index in [0.29, 0.717) is 5.92 Å². The lowest BCUT2D eigenvalue weighted by Crippen LogP contribution is -2.50. The summed E-state index contributed by atoms with van der Waals surface area (Å²) in [4.78, 5) is 17.2. The lowest BCUT2D eigenvalue weighted by Gasteiger charge is -2.39. The lowest BCUT2D eigenvalue weighted by atomic mass is 9.72. The van der Waals surface area contributed by atoms with E-state index in [1.807, 2.05) is 6.07 Å². The van der Waals surface area contributed by atoms with Gasteiger partial charge in [-0.25, -0.2) is 0 Å². The first-order chi connectivity index (χ1) is 10.1. The lowest BCUT2D eigenvalue weighted by molar-refractivity contribution is -0.157. The Morgan fingerprint density at radius 1 is 1.33 bits per heavy atom. The largest absolute Gasteiger partial charge is 0.469 e. The summed E-state index contributed by atoms with van der Waals surface area (Å²) in [6, 6.07) is 10.5. The van der Waals surface area contributed by atoms with Crippen LogP contribution in [-0.4, -0.2) is 56.1 Å². The van der Waals surface area contributed by atoms with Crippen LogP contribution in [0.2, 0.25) is 0 Å². The first-order valence-electron chi connectivity index (χ1n) is 7.67. The van der Waals surface area contributed by atoms with Crippen LogP contribution in [0.3, 0.4) is 0 Å². The van der Waals surface area contributed by atoms with Gasteiger partial charge in [-0.3, -0.25) is 9.69 Å². The maximum absolute atomic E-state index is 12.4. The molecule has 0 unspecified atom stereocenters. The fraction of sp³-hybridized carbons (Fsp3) is 0.588. The van der Waals surface area contributed by atoms with E-state index in [4.69, 9.17) is 4.74 Å². The molecule has 2 heterocycles. The molecule has 0 aromatic heterocycles. The molecule has 2 fully saturated rings. The predicted octanol–water partition coefficient (Wildman–Crippen LogP) is 1.61. The van der Waals surface area contributed by atoms with Crippen LogP contribution in [0.1, 0.15) is 12.0 Å². The van der Waals surface area contributed by atoms with E-state index in [1.54, 1.807) is 0 Å². The third-order valence-corrected chi connectivity index (χ3v) is 5.08. The zero-order valence-electron chi connectivity index (χ0n) is 12.9. The third kappa shape index (κ3) is 2.70. The maximum Gasteiger partial charge on any atom is 0.313 e. The van der Waals surface area contributed by atoms with Crippen LogP contribution in [-0.2, 0) is 16.1 Å². The van der Waals surface area contributed by atoms with Gasteiger partial charge in [-0.1, -0.05) is 30.3 Å². The van der Waals surface area contributed by atoms with Crippen LogP contribution in [0.5, 0.6) is 0 Å². The number of nitrogens with zero attached hydrogens (tertiary/aromatic N) is 2. The van der Waals surface area contributed by atoms with Crippen LogP contribution in [0.4, 0.5) is 0 Å². The van der Waals surface area contributed by atoms with Gasteiger partial charge < -0.3 is 9.64 Å². The molecule has 1 aromatic carbocycles. The fourth-order valence-corrected chi connectivity index (χ4v) is 3.95. The van der Waals surface area contributed by atoms with Crippen LogP contribution in [0, 0.1) is 11.3 Å². The number of piperidine rings is 1. The maximum atomic E-state index is 12.4. The summed E-state index contributed by atoms with van der Waals surface area (Å²) in [5, 5.41) is 0. The Bertz CT molecular complexity index is 505. The van der Waals surface area contributed by atoms with Gasteiger partial charge in [0, 0.05) is 32.1 Å². The minimum absolute atomic E-state index is 0.0174. The Kier molecular flexibility index (Phi) is 4.00. The second-order valence-electron chi connectivity index (χ2n) is 6.51. The smallest absolute Gasteiger partial charge is 0.313 e. The van der Waals surface area contributed by atoms with Gasteiger partial charge in [0.05, 0.1) is 12.5 Å². The molecule has 21 heavy (non-hydrogen) atoms. The summed E-state index contributed by atoms with van der Waals surface area (Å²) in [5.74, 6) is 0.364. The second kappa shape index (κ2) is 5.78. The number of hydrogen-bond donors (Lipinski definition) is 0. The van der Waals surface area contributed by atoms with E-state index in [1.165, 1.54) is 12.7 Å². The van der Waals surface area contributed by atoms with Crippen molar-refractivity contribution in [2.45, 2.75) is 13.0 Å². The molecular formula is C17H24N2O2. The van der Waals surface area contributed by atoms with Gasteiger partial charge in [0.25, 0.3) is 0 Å². The van der Waals surface area contributed by atoms with E-state index in [0.717, 1.165) is 39.1 Å². The van der Waals surface area contributed by atoms with Crippen molar-refractivity contribution in [3.63, 3.8) is 0 Å². The molecule has 0 N–H and O–H groups in total. The van der Waals surface area contributed by atoms with Crippen molar-refractivity contribution in [2.24, 2.45) is 11.3 Å². The topological polar surface area (TPSA) is 32.8 Å². The molecule has 2 aliphatic rings. The van der Waals surface area contributed by atoms with Gasteiger partial charge in [-0.15, -0.1) is 0 Å². The highest BCUT2D eigenvalue weighted by atomic mass is 16.5. The number of rotatable bonds is 3. The first-order valence-corrected chi connectivity index (χ1v) is 7.67. The molecule has 114 valence electrons. The van der Waals surface area contributed by atoms with Crippen LogP contribution >= 0.6 is 0 Å². The van der Waals surface area contributed by atoms with Crippen molar-refractivity contribution in [3.05, 3.63) is 35.9 Å². The number of fused-ring (bicyclic) bond motifs is 1. The molecule has 1 aromatic rings. The summed E-state index contributed by atoms with van der Waals surface area (Å²) in [6.45, 7) is 4.69. The van der Waals surface area contributed by atoms with Crippen molar-refractivity contribution in [1.29, 1.82) is 0 Å². The van der Waals surface area contributed by atoms with Crippen molar-refractivity contribution >= 4 is 5.97 Å². The van der Waals surface area contributed by atoms with Crippen molar-refractivity contribution in [1.82, 2.24) is 9.80 Å². The van der Waals surface area contributed by atoms with Crippen LogP contribution < -0.4 is 0 Å². The highest BCUT2D eigenvalue weighted by molar-refractivity contribution is 5.78. The minimum Gasteiger partial charge on any atom is -0.469 e. The van der Waals surface area contributed by atoms with E-state index in [-0.39, 0.29) is 11.4 Å². The molecule has 0 saturated carbocycles. The van der Waals surface area contributed by atoms with Crippen molar-refractivity contribution in [3.8, 4) is 0 Å². The summed E-state index contributed by atoms with van der Waals surface area (Å²) in [7, 11) is 3.66. The zero-order valence-corrected chi connectivity index (χ0v) is 12.9. The standard InChI is InChI=1S/C17H24N2O2/c1-18-9-8-17(16(20)21-2)13-19(12-15(17)11-18)10-14-6-4-3-5-7-14/h3-7,15H,8-13H2,1-2H3/t15-,17+/m0/s1. The Balaban J connectivity index is 1.77. The molecule has 0 amide bonds. The summed E-state index contributed by atoms with van der Waals surface area (Å²) in [6.07, 6.45) is 0.909. The Morgan fingerprint density at radius 2 is 2.10 bits per heavy atom. The van der Waals surface area contributed by atoms with Crippen LogP contribution in [0.15, 0.2) is 30.3 Å². The van der Waals surface area contributed by atoms with Gasteiger partial charge in [-0.2, -0.15) is 0 Å². The number of ether oxygens (including phenoxy) is 1. The SMILES string of the molecule is COC(=O)[C@@]12CCN(C)C[C@H]1CN(Cc1ccccc1)C2. The summed E-state index contributed by atoms with van der Waals surface area (Å²) >= 11 is 0. The predicted molar refractivity (Wildman–Crippen MR) is 81.8 cm³/mol. The van der Waals surface area contributed by atoms with E-state index < -0.39 is 0 Å². The molecule has 3 rings (SSSR count). The van der Waals surface area contributed by atoms with E-state index >= 15 is 0 Å². The molecule has 0 aliphatic carbocycles. The summed E-state index contributed by atoms with van der Waals surface area (Å²) in [5.41, 5.74) is 1.01. The van der Waals surface area contributed by atoms with Gasteiger partial charge in [-0.05, 0) is 25.6 Å². The quantitative estimate of drug-likeness (QED) is 0.791. The van der Waals surface area contributed by atoms with Crippen LogP contribution in [0.25, 0.3) is 0 Å². The average Bonchev–Trinajstić information content (AvgIpc) is 2.85. The second-order valence-corrected chi connectivity index (χ2v) is 6.51. The molecule has 4 heteroatoms. The number of carbonyl (C=O) groups excluding carboxylic acids is 1. The van der Waals surface area contributed by atoms with E-state index in [9.17, 15) is 4.79 Å². The number of carbonyl (C=O) groups is 1. The number of methoxy groups -OCH3 is 1. The minimum atomic E-state index is -0.296. The molecule has 0 spiro atoms. The summed E-state index contributed by atoms with van der Waals surface area (Å²) < 4.78 is 5.14. The average molecular weight is 288 g/mol. The number of likely N-dealkylation sites (tertiary alicyclic amines) is 2. The Labute approximate surface area is 126 Å². The molecule has 2 saturated heterocycles. The van der Waals surface area contributed by atoms with Gasteiger partial charge in [0.2, 0.25) is 0 Å². The first kappa shape index (κ1) is 14.5. The van der Waals surface area contributed by atoms with Gasteiger partial charge in [0.15, 0.2) is 0 Å². The number of hydrogen-bond acceptors (Lipinski definition) is 4. The van der Waals surface area contributed by atoms with Gasteiger partial charge >= 0.3 is 5.97 Å². The molecule has 2 atom stereocenters. The highest BCUT2D eigenvalue weighted by Crippen LogP contribution is 2.43. The number of benzene rings is 1.